The van der Waals surface area contributed by atoms with Crippen LogP contribution >= 0.6 is 0 Å². The lowest BCUT2D eigenvalue weighted by Gasteiger charge is -2.12. The highest BCUT2D eigenvalue weighted by Gasteiger charge is 2.17. The van der Waals surface area contributed by atoms with E-state index >= 15 is 0 Å². The molecule has 0 unspecified atom stereocenters. The molecular formula is C28H28O4. The lowest BCUT2D eigenvalue weighted by atomic mass is 10.1. The molecular weight excluding hydrogens is 400 g/mol. The Morgan fingerprint density at radius 1 is 0.719 bits per heavy atom. The van der Waals surface area contributed by atoms with Crippen LogP contribution in [-0.2, 0) is 0 Å². The lowest BCUT2D eigenvalue weighted by molar-refractivity contribution is 0.263. The van der Waals surface area contributed by atoms with Gasteiger partial charge in [0.1, 0.15) is 11.3 Å². The topological polar surface area (TPSA) is 48.7 Å². The van der Waals surface area contributed by atoms with Crippen LogP contribution in [0.4, 0.5) is 0 Å². The molecule has 0 bridgehead atoms. The Morgan fingerprint density at radius 2 is 1.31 bits per heavy atom. The second-order valence-electron chi connectivity index (χ2n) is 8.17. The standard InChI is InChI=1S/C28H28O4/c1-19-6-11-22(12-7-19)27-28(26(29)24-15-10-21(3)18-25(24)32-27)31-17-5-4-16-30-23-13-8-20(2)9-14-23/h6-15,18H,4-5,16-17H2,1-3H3. The molecule has 0 aliphatic rings. The maximum absolute atomic E-state index is 13.2. The number of unbranched alkanes of at least 4 members (excludes halogenated alkanes) is 1. The highest BCUT2D eigenvalue weighted by molar-refractivity contribution is 5.82. The van der Waals surface area contributed by atoms with E-state index in [0.717, 1.165) is 35.3 Å². The third-order valence-corrected chi connectivity index (χ3v) is 5.39. The summed E-state index contributed by atoms with van der Waals surface area (Å²) in [5.41, 5.74) is 4.65. The molecule has 0 aliphatic heterocycles. The van der Waals surface area contributed by atoms with E-state index in [1.807, 2.05) is 74.5 Å². The van der Waals surface area contributed by atoms with Crippen LogP contribution in [0.2, 0.25) is 0 Å². The summed E-state index contributed by atoms with van der Waals surface area (Å²) >= 11 is 0. The fourth-order valence-corrected chi connectivity index (χ4v) is 3.51. The Kier molecular flexibility index (Phi) is 6.60. The summed E-state index contributed by atoms with van der Waals surface area (Å²) in [6.45, 7) is 7.07. The van der Waals surface area contributed by atoms with E-state index in [2.05, 4.69) is 6.92 Å². The van der Waals surface area contributed by atoms with Gasteiger partial charge < -0.3 is 13.9 Å². The second-order valence-corrected chi connectivity index (χ2v) is 8.17. The van der Waals surface area contributed by atoms with Gasteiger partial charge in [-0.3, -0.25) is 4.79 Å². The SMILES string of the molecule is Cc1ccc(OCCCCOc2c(-c3ccc(C)cc3)oc3cc(C)ccc3c2=O)cc1. The molecule has 0 fully saturated rings. The zero-order chi connectivity index (χ0) is 22.5. The minimum Gasteiger partial charge on any atom is -0.494 e. The summed E-state index contributed by atoms with van der Waals surface area (Å²) in [5, 5.41) is 0.532. The number of hydrogen-bond acceptors (Lipinski definition) is 4. The van der Waals surface area contributed by atoms with Crippen molar-refractivity contribution in [3.8, 4) is 22.8 Å². The van der Waals surface area contributed by atoms with Gasteiger partial charge in [0.25, 0.3) is 0 Å². The maximum Gasteiger partial charge on any atom is 0.235 e. The Morgan fingerprint density at radius 3 is 2.00 bits per heavy atom. The molecule has 0 saturated carbocycles. The average molecular weight is 429 g/mol. The predicted octanol–water partition coefficient (Wildman–Crippen LogP) is 6.62. The number of fused-ring (bicyclic) bond motifs is 1. The van der Waals surface area contributed by atoms with E-state index in [4.69, 9.17) is 13.9 Å². The first-order chi connectivity index (χ1) is 15.5. The molecule has 4 aromatic rings. The Bertz CT molecular complexity index is 1250. The van der Waals surface area contributed by atoms with Crippen molar-refractivity contribution in [2.75, 3.05) is 13.2 Å². The van der Waals surface area contributed by atoms with Gasteiger partial charge in [-0.05, 0) is 63.4 Å². The molecule has 4 rings (SSSR count). The van der Waals surface area contributed by atoms with Crippen LogP contribution in [0.15, 0.2) is 75.9 Å². The van der Waals surface area contributed by atoms with Gasteiger partial charge in [0, 0.05) is 5.56 Å². The summed E-state index contributed by atoms with van der Waals surface area (Å²) in [7, 11) is 0. The van der Waals surface area contributed by atoms with Gasteiger partial charge in [0.05, 0.1) is 18.6 Å². The van der Waals surface area contributed by atoms with Crippen molar-refractivity contribution >= 4 is 11.0 Å². The van der Waals surface area contributed by atoms with Crippen LogP contribution in [-0.4, -0.2) is 13.2 Å². The fourth-order valence-electron chi connectivity index (χ4n) is 3.51. The molecule has 32 heavy (non-hydrogen) atoms. The van der Waals surface area contributed by atoms with E-state index in [0.29, 0.717) is 29.9 Å². The van der Waals surface area contributed by atoms with Gasteiger partial charge >= 0.3 is 0 Å². The number of hydrogen-bond donors (Lipinski definition) is 0. The maximum atomic E-state index is 13.2. The van der Waals surface area contributed by atoms with Crippen LogP contribution in [0.25, 0.3) is 22.3 Å². The van der Waals surface area contributed by atoms with E-state index in [9.17, 15) is 4.79 Å². The quantitative estimate of drug-likeness (QED) is 0.296. The molecule has 0 atom stereocenters. The number of benzene rings is 3. The van der Waals surface area contributed by atoms with Crippen molar-refractivity contribution in [1.82, 2.24) is 0 Å². The summed E-state index contributed by atoms with van der Waals surface area (Å²) in [4.78, 5) is 13.2. The Balaban J connectivity index is 1.49. The summed E-state index contributed by atoms with van der Waals surface area (Å²) in [5.74, 6) is 1.61. The van der Waals surface area contributed by atoms with Gasteiger partial charge in [-0.25, -0.2) is 0 Å². The Hall–Kier alpha value is -3.53. The monoisotopic (exact) mass is 428 g/mol. The second kappa shape index (κ2) is 9.73. The molecule has 0 spiro atoms. The van der Waals surface area contributed by atoms with E-state index in [1.165, 1.54) is 5.56 Å². The highest BCUT2D eigenvalue weighted by atomic mass is 16.5. The van der Waals surface area contributed by atoms with Gasteiger partial charge in [-0.15, -0.1) is 0 Å². The van der Waals surface area contributed by atoms with Crippen molar-refractivity contribution in [3.05, 3.63) is 93.6 Å². The normalized spacial score (nSPS) is 11.0. The third kappa shape index (κ3) is 5.02. The highest BCUT2D eigenvalue weighted by Crippen LogP contribution is 2.31. The van der Waals surface area contributed by atoms with Gasteiger partial charge in [0.2, 0.25) is 11.2 Å². The number of aryl methyl sites for hydroxylation is 3. The van der Waals surface area contributed by atoms with Crippen molar-refractivity contribution in [3.63, 3.8) is 0 Å². The first kappa shape index (κ1) is 21.7. The summed E-state index contributed by atoms with van der Waals surface area (Å²) < 4.78 is 17.9. The molecule has 0 radical (unpaired) electrons. The molecule has 3 aromatic carbocycles. The molecule has 4 nitrogen and oxygen atoms in total. The smallest absolute Gasteiger partial charge is 0.235 e. The van der Waals surface area contributed by atoms with Crippen LogP contribution < -0.4 is 14.9 Å². The van der Waals surface area contributed by atoms with Gasteiger partial charge in [0.15, 0.2) is 5.76 Å². The largest absolute Gasteiger partial charge is 0.494 e. The molecule has 1 heterocycles. The minimum absolute atomic E-state index is 0.141. The summed E-state index contributed by atoms with van der Waals surface area (Å²) in [6, 6.07) is 21.5. The Labute approximate surface area is 188 Å². The van der Waals surface area contributed by atoms with Crippen LogP contribution in [0.1, 0.15) is 29.5 Å². The zero-order valence-corrected chi connectivity index (χ0v) is 18.8. The third-order valence-electron chi connectivity index (χ3n) is 5.39. The van der Waals surface area contributed by atoms with Crippen LogP contribution in [0.5, 0.6) is 11.5 Å². The van der Waals surface area contributed by atoms with Gasteiger partial charge in [-0.1, -0.05) is 53.6 Å². The molecule has 0 N–H and O–H groups in total. The van der Waals surface area contributed by atoms with E-state index in [-0.39, 0.29) is 11.2 Å². The molecule has 0 aliphatic carbocycles. The molecule has 0 amide bonds. The predicted molar refractivity (Wildman–Crippen MR) is 129 cm³/mol. The van der Waals surface area contributed by atoms with E-state index in [1.54, 1.807) is 6.07 Å². The molecule has 4 heteroatoms. The number of rotatable bonds is 8. The molecule has 0 saturated heterocycles. The van der Waals surface area contributed by atoms with Crippen LogP contribution in [0, 0.1) is 20.8 Å². The van der Waals surface area contributed by atoms with E-state index < -0.39 is 0 Å². The first-order valence-corrected chi connectivity index (χ1v) is 11.0. The van der Waals surface area contributed by atoms with Gasteiger partial charge in [-0.2, -0.15) is 0 Å². The summed E-state index contributed by atoms with van der Waals surface area (Å²) in [6.07, 6.45) is 1.59. The first-order valence-electron chi connectivity index (χ1n) is 11.0. The number of ether oxygens (including phenoxy) is 2. The molecule has 164 valence electrons. The van der Waals surface area contributed by atoms with Crippen molar-refractivity contribution in [2.45, 2.75) is 33.6 Å². The lowest BCUT2D eigenvalue weighted by Crippen LogP contribution is -2.12. The van der Waals surface area contributed by atoms with Crippen LogP contribution in [0.3, 0.4) is 0 Å². The fraction of sp³-hybridized carbons (Fsp3) is 0.250. The van der Waals surface area contributed by atoms with Crippen molar-refractivity contribution in [2.24, 2.45) is 0 Å². The van der Waals surface area contributed by atoms with Crippen molar-refractivity contribution in [1.29, 1.82) is 0 Å². The molecule has 1 aromatic heterocycles. The van der Waals surface area contributed by atoms with Crippen molar-refractivity contribution < 1.29 is 13.9 Å². The zero-order valence-electron chi connectivity index (χ0n) is 18.8. The average Bonchev–Trinajstić information content (AvgIpc) is 2.79. The minimum atomic E-state index is -0.141.